The third-order valence-corrected chi connectivity index (χ3v) is 5.59. The van der Waals surface area contributed by atoms with Crippen LogP contribution in [0.4, 0.5) is 16.1 Å². The van der Waals surface area contributed by atoms with Crippen molar-refractivity contribution in [3.05, 3.63) is 71.9 Å². The Labute approximate surface area is 213 Å². The first-order valence-corrected chi connectivity index (χ1v) is 12.5. The van der Waals surface area contributed by atoms with Gasteiger partial charge in [0.25, 0.3) is 11.9 Å². The molecule has 1 N–H and O–H groups in total. The van der Waals surface area contributed by atoms with Crippen molar-refractivity contribution in [2.24, 2.45) is 0 Å². The first-order valence-electron chi connectivity index (χ1n) is 12.5. The Kier molecular flexibility index (Phi) is 11.5. The molecule has 0 bridgehead atoms. The molecule has 0 radical (unpaired) electrons. The number of nitrogens with one attached hydrogen (secondary N) is 1. The second-order valence-corrected chi connectivity index (χ2v) is 7.79. The molecule has 0 unspecified atom stereocenters. The van der Waals surface area contributed by atoms with Crippen LogP contribution >= 0.6 is 0 Å². The number of anilines is 2. The summed E-state index contributed by atoms with van der Waals surface area (Å²) in [6.45, 7) is 11.1. The number of carbonyl (C=O) groups is 2. The summed E-state index contributed by atoms with van der Waals surface area (Å²) in [4.78, 5) is 33.4. The van der Waals surface area contributed by atoms with Gasteiger partial charge in [0.15, 0.2) is 0 Å². The van der Waals surface area contributed by atoms with E-state index in [4.69, 9.17) is 0 Å². The van der Waals surface area contributed by atoms with Crippen molar-refractivity contribution in [3.8, 4) is 11.3 Å². The molecule has 7 nitrogen and oxygen atoms in total. The highest BCUT2D eigenvalue weighted by molar-refractivity contribution is 5.94. The maximum atomic E-state index is 15.0. The van der Waals surface area contributed by atoms with Crippen molar-refractivity contribution in [1.82, 2.24) is 20.2 Å². The molecule has 36 heavy (non-hydrogen) atoms. The molecule has 2 amide bonds. The molecule has 0 aliphatic carbocycles. The lowest BCUT2D eigenvalue weighted by Gasteiger charge is -2.31. The van der Waals surface area contributed by atoms with Crippen molar-refractivity contribution < 1.29 is 14.1 Å². The number of halogens is 1. The fourth-order valence-electron chi connectivity index (χ4n) is 3.71. The van der Waals surface area contributed by atoms with E-state index in [1.54, 1.807) is 23.1 Å². The lowest BCUT2D eigenvalue weighted by atomic mass is 10.0. The SMILES string of the molecule is CC.CC.Cc1ccc(-c2ccnc(N(F)c3ccc(C(=O)N4CCC(NC=O)CC4)cc3)n2)cc1. The highest BCUT2D eigenvalue weighted by Crippen LogP contribution is 2.26. The molecular formula is C28H36FN5O2. The van der Waals surface area contributed by atoms with Gasteiger partial charge in [-0.15, -0.1) is 5.12 Å². The van der Waals surface area contributed by atoms with Gasteiger partial charge < -0.3 is 10.2 Å². The standard InChI is InChI=1S/C24H24FN5O2.2C2H6/c1-17-2-4-18(5-3-17)22-10-13-26-24(28-22)30(25)21-8-6-19(7-9-21)23(32)29-14-11-20(12-15-29)27-16-31;2*1-2/h2-10,13,16,20H,11-12,14-15H2,1H3,(H,27,31);2*1-2H3. The van der Waals surface area contributed by atoms with E-state index in [9.17, 15) is 9.59 Å². The highest BCUT2D eigenvalue weighted by Gasteiger charge is 2.23. The van der Waals surface area contributed by atoms with Crippen LogP contribution in [0.3, 0.4) is 0 Å². The van der Waals surface area contributed by atoms with Gasteiger partial charge in [-0.1, -0.05) is 62.0 Å². The van der Waals surface area contributed by atoms with Crippen LogP contribution in [0.5, 0.6) is 0 Å². The molecule has 192 valence electrons. The number of nitrogens with zero attached hydrogens (tertiary/aromatic N) is 4. The summed E-state index contributed by atoms with van der Waals surface area (Å²) in [6.07, 6.45) is 3.65. The lowest BCUT2D eigenvalue weighted by molar-refractivity contribution is -0.110. The molecule has 0 saturated carbocycles. The quantitative estimate of drug-likeness (QED) is 0.343. The average Bonchev–Trinajstić information content (AvgIpc) is 2.95. The third kappa shape index (κ3) is 7.34. The van der Waals surface area contributed by atoms with Gasteiger partial charge in [-0.25, -0.2) is 9.97 Å². The second-order valence-electron chi connectivity index (χ2n) is 7.79. The minimum Gasteiger partial charge on any atom is -0.356 e. The van der Waals surface area contributed by atoms with E-state index in [0.29, 0.717) is 35.9 Å². The van der Waals surface area contributed by atoms with Gasteiger partial charge in [-0.2, -0.15) is 0 Å². The minimum atomic E-state index is -0.107. The predicted molar refractivity (Wildman–Crippen MR) is 143 cm³/mol. The van der Waals surface area contributed by atoms with E-state index in [1.165, 1.54) is 18.3 Å². The summed E-state index contributed by atoms with van der Waals surface area (Å²) in [5.41, 5.74) is 3.35. The number of aromatic nitrogens is 2. The zero-order chi connectivity index (χ0) is 26.5. The molecule has 4 rings (SSSR count). The molecule has 1 aliphatic heterocycles. The van der Waals surface area contributed by atoms with E-state index < -0.39 is 0 Å². The van der Waals surface area contributed by atoms with Gasteiger partial charge in [0, 0.05) is 36.5 Å². The second kappa shape index (κ2) is 14.6. The van der Waals surface area contributed by atoms with Gasteiger partial charge >= 0.3 is 0 Å². The Balaban J connectivity index is 0.00000109. The average molecular weight is 494 g/mol. The molecule has 1 fully saturated rings. The van der Waals surface area contributed by atoms with Crippen LogP contribution < -0.4 is 10.4 Å². The zero-order valence-corrected chi connectivity index (χ0v) is 21.7. The number of amides is 2. The van der Waals surface area contributed by atoms with Gasteiger partial charge in [0.2, 0.25) is 6.41 Å². The Bertz CT molecular complexity index is 1080. The molecular weight excluding hydrogens is 457 g/mol. The Hall–Kier alpha value is -3.81. The van der Waals surface area contributed by atoms with Crippen molar-refractivity contribution in [3.63, 3.8) is 0 Å². The Morgan fingerprint density at radius 1 is 1.00 bits per heavy atom. The van der Waals surface area contributed by atoms with Crippen molar-refractivity contribution in [2.75, 3.05) is 18.2 Å². The van der Waals surface area contributed by atoms with Crippen molar-refractivity contribution in [1.29, 1.82) is 0 Å². The predicted octanol–water partition coefficient (Wildman–Crippen LogP) is 5.88. The van der Waals surface area contributed by atoms with Gasteiger partial charge in [0.05, 0.1) is 11.4 Å². The highest BCUT2D eigenvalue weighted by atomic mass is 19.2. The molecule has 2 heterocycles. The topological polar surface area (TPSA) is 78.4 Å². The van der Waals surface area contributed by atoms with Crippen LogP contribution in [0.2, 0.25) is 0 Å². The van der Waals surface area contributed by atoms with E-state index in [-0.39, 0.29) is 23.6 Å². The monoisotopic (exact) mass is 493 g/mol. The van der Waals surface area contributed by atoms with E-state index in [0.717, 1.165) is 24.0 Å². The van der Waals surface area contributed by atoms with Crippen molar-refractivity contribution in [2.45, 2.75) is 53.5 Å². The summed E-state index contributed by atoms with van der Waals surface area (Å²) >= 11 is 0. The summed E-state index contributed by atoms with van der Waals surface area (Å²) in [6, 6.07) is 15.9. The number of hydrogen-bond acceptors (Lipinski definition) is 5. The number of benzene rings is 2. The molecule has 1 aromatic heterocycles. The number of piperidine rings is 1. The summed E-state index contributed by atoms with van der Waals surface area (Å²) in [7, 11) is 0. The molecule has 1 saturated heterocycles. The normalized spacial score (nSPS) is 12.9. The number of aryl methyl sites for hydroxylation is 1. The summed E-state index contributed by atoms with van der Waals surface area (Å²) in [5.74, 6) is -0.184. The summed E-state index contributed by atoms with van der Waals surface area (Å²) in [5, 5.41) is 3.16. The molecule has 2 aromatic carbocycles. The lowest BCUT2D eigenvalue weighted by Crippen LogP contribution is -2.44. The van der Waals surface area contributed by atoms with E-state index in [1.807, 2.05) is 58.9 Å². The fraction of sp³-hybridized carbons (Fsp3) is 0.357. The molecule has 1 aliphatic rings. The molecule has 0 spiro atoms. The van der Waals surface area contributed by atoms with Gasteiger partial charge in [-0.05, 0) is 50.1 Å². The number of hydrogen-bond donors (Lipinski definition) is 1. The number of likely N-dealkylation sites (tertiary alicyclic amines) is 1. The minimum absolute atomic E-state index is 0.0769. The van der Waals surface area contributed by atoms with Crippen molar-refractivity contribution >= 4 is 24.0 Å². The van der Waals surface area contributed by atoms with Gasteiger partial charge in [0.1, 0.15) is 0 Å². The molecule has 8 heteroatoms. The maximum Gasteiger partial charge on any atom is 0.259 e. The van der Waals surface area contributed by atoms with Crippen LogP contribution in [0.25, 0.3) is 11.3 Å². The Morgan fingerprint density at radius 2 is 1.61 bits per heavy atom. The van der Waals surface area contributed by atoms with Crippen LogP contribution in [0, 0.1) is 6.92 Å². The largest absolute Gasteiger partial charge is 0.356 e. The first-order chi connectivity index (χ1) is 17.5. The summed E-state index contributed by atoms with van der Waals surface area (Å²) < 4.78 is 15.0. The third-order valence-electron chi connectivity index (χ3n) is 5.59. The fourth-order valence-corrected chi connectivity index (χ4v) is 3.71. The van der Waals surface area contributed by atoms with Crippen LogP contribution in [0.1, 0.15) is 56.5 Å². The maximum absolute atomic E-state index is 15.0. The first kappa shape index (κ1) is 28.4. The van der Waals surface area contributed by atoms with Gasteiger partial charge in [-0.3, -0.25) is 9.59 Å². The van der Waals surface area contributed by atoms with Crippen LogP contribution in [-0.2, 0) is 4.79 Å². The van der Waals surface area contributed by atoms with Crippen LogP contribution in [0.15, 0.2) is 60.8 Å². The van der Waals surface area contributed by atoms with E-state index >= 15 is 4.48 Å². The Morgan fingerprint density at radius 3 is 2.19 bits per heavy atom. The van der Waals surface area contributed by atoms with Crippen LogP contribution in [-0.4, -0.2) is 46.3 Å². The molecule has 3 aromatic rings. The number of rotatable bonds is 6. The molecule has 0 atom stereocenters. The zero-order valence-electron chi connectivity index (χ0n) is 21.7. The van der Waals surface area contributed by atoms with E-state index in [2.05, 4.69) is 15.3 Å². The number of carbonyl (C=O) groups excluding carboxylic acids is 2. The smallest absolute Gasteiger partial charge is 0.259 e.